The Labute approximate surface area is 98.0 Å². The standard InChI is InChI=1S/C14H21NO/c1-3-16-12-7-8-13(11(2)10-12)14-6-4-5-9-15-14/h7-8,10,14-15H,3-6,9H2,1-2H3. The zero-order valence-corrected chi connectivity index (χ0v) is 10.3. The van der Waals surface area contributed by atoms with Gasteiger partial charge in [0.05, 0.1) is 6.61 Å². The number of aryl methyl sites for hydroxylation is 1. The highest BCUT2D eigenvalue weighted by Crippen LogP contribution is 2.27. The van der Waals surface area contributed by atoms with Crippen LogP contribution in [0.15, 0.2) is 18.2 Å². The average molecular weight is 219 g/mol. The van der Waals surface area contributed by atoms with Gasteiger partial charge in [-0.3, -0.25) is 0 Å². The second-order valence-electron chi connectivity index (χ2n) is 4.45. The Morgan fingerprint density at radius 2 is 2.25 bits per heavy atom. The molecule has 1 aromatic carbocycles. The quantitative estimate of drug-likeness (QED) is 0.843. The molecule has 0 aromatic heterocycles. The summed E-state index contributed by atoms with van der Waals surface area (Å²) in [6.07, 6.45) is 3.91. The van der Waals surface area contributed by atoms with Gasteiger partial charge in [0.1, 0.15) is 5.75 Å². The van der Waals surface area contributed by atoms with Crippen LogP contribution >= 0.6 is 0 Å². The van der Waals surface area contributed by atoms with E-state index in [1.54, 1.807) is 0 Å². The van der Waals surface area contributed by atoms with Gasteiger partial charge in [0.25, 0.3) is 0 Å². The van der Waals surface area contributed by atoms with Gasteiger partial charge in [-0.05, 0) is 56.5 Å². The summed E-state index contributed by atoms with van der Waals surface area (Å²) in [5, 5.41) is 3.59. The van der Waals surface area contributed by atoms with Crippen LogP contribution in [-0.4, -0.2) is 13.2 Å². The first kappa shape index (κ1) is 11.5. The van der Waals surface area contributed by atoms with Crippen LogP contribution in [0.25, 0.3) is 0 Å². The van der Waals surface area contributed by atoms with E-state index in [0.717, 1.165) is 18.9 Å². The molecule has 1 aliphatic rings. The summed E-state index contributed by atoms with van der Waals surface area (Å²) in [6, 6.07) is 6.99. The molecule has 1 atom stereocenters. The van der Waals surface area contributed by atoms with Gasteiger partial charge in [0.2, 0.25) is 0 Å². The molecular weight excluding hydrogens is 198 g/mol. The van der Waals surface area contributed by atoms with Crippen molar-refractivity contribution in [2.75, 3.05) is 13.2 Å². The van der Waals surface area contributed by atoms with Gasteiger partial charge in [0.15, 0.2) is 0 Å². The van der Waals surface area contributed by atoms with Gasteiger partial charge in [-0.25, -0.2) is 0 Å². The number of benzene rings is 1. The van der Waals surface area contributed by atoms with Crippen LogP contribution in [0, 0.1) is 6.92 Å². The minimum Gasteiger partial charge on any atom is -0.494 e. The van der Waals surface area contributed by atoms with E-state index in [2.05, 4.69) is 30.4 Å². The zero-order chi connectivity index (χ0) is 11.4. The normalized spacial score (nSPS) is 20.8. The number of rotatable bonds is 3. The predicted molar refractivity (Wildman–Crippen MR) is 66.9 cm³/mol. The number of ether oxygens (including phenoxy) is 1. The van der Waals surface area contributed by atoms with Gasteiger partial charge >= 0.3 is 0 Å². The van der Waals surface area contributed by atoms with Crippen LogP contribution in [0.1, 0.15) is 43.4 Å². The van der Waals surface area contributed by atoms with Crippen molar-refractivity contribution in [2.45, 2.75) is 39.2 Å². The summed E-state index contributed by atoms with van der Waals surface area (Å²) in [5.41, 5.74) is 2.77. The fourth-order valence-corrected chi connectivity index (χ4v) is 2.41. The third-order valence-corrected chi connectivity index (χ3v) is 3.24. The monoisotopic (exact) mass is 219 g/mol. The molecular formula is C14H21NO. The summed E-state index contributed by atoms with van der Waals surface area (Å²) in [4.78, 5) is 0. The van der Waals surface area contributed by atoms with Gasteiger partial charge in [-0.2, -0.15) is 0 Å². The van der Waals surface area contributed by atoms with Gasteiger partial charge in [0, 0.05) is 6.04 Å². The van der Waals surface area contributed by atoms with Gasteiger partial charge in [-0.1, -0.05) is 12.5 Å². The van der Waals surface area contributed by atoms with Crippen molar-refractivity contribution in [3.05, 3.63) is 29.3 Å². The molecule has 1 unspecified atom stereocenters. The lowest BCUT2D eigenvalue weighted by atomic mass is 9.94. The summed E-state index contributed by atoms with van der Waals surface area (Å²) < 4.78 is 5.51. The highest BCUT2D eigenvalue weighted by Gasteiger charge is 2.16. The predicted octanol–water partition coefficient (Wildman–Crippen LogP) is 3.21. The minimum absolute atomic E-state index is 0.546. The molecule has 0 bridgehead atoms. The number of hydrogen-bond donors (Lipinski definition) is 1. The maximum atomic E-state index is 5.51. The number of hydrogen-bond acceptors (Lipinski definition) is 2. The van der Waals surface area contributed by atoms with Crippen molar-refractivity contribution in [1.29, 1.82) is 0 Å². The van der Waals surface area contributed by atoms with Crippen molar-refractivity contribution < 1.29 is 4.74 Å². The molecule has 0 radical (unpaired) electrons. The van der Waals surface area contributed by atoms with Crippen LogP contribution in [-0.2, 0) is 0 Å². The van der Waals surface area contributed by atoms with Crippen molar-refractivity contribution in [3.8, 4) is 5.75 Å². The summed E-state index contributed by atoms with van der Waals surface area (Å²) >= 11 is 0. The van der Waals surface area contributed by atoms with Crippen LogP contribution in [0.5, 0.6) is 5.75 Å². The SMILES string of the molecule is CCOc1ccc(C2CCCCN2)c(C)c1. The fourth-order valence-electron chi connectivity index (χ4n) is 2.41. The lowest BCUT2D eigenvalue weighted by Crippen LogP contribution is -2.27. The van der Waals surface area contributed by atoms with Crippen LogP contribution in [0.2, 0.25) is 0 Å². The maximum Gasteiger partial charge on any atom is 0.119 e. The molecule has 1 fully saturated rings. The molecule has 1 N–H and O–H groups in total. The first-order valence-electron chi connectivity index (χ1n) is 6.28. The highest BCUT2D eigenvalue weighted by molar-refractivity contribution is 5.36. The highest BCUT2D eigenvalue weighted by atomic mass is 16.5. The molecule has 1 heterocycles. The second kappa shape index (κ2) is 5.35. The zero-order valence-electron chi connectivity index (χ0n) is 10.3. The Bertz CT molecular complexity index is 343. The molecule has 0 amide bonds. The molecule has 2 nitrogen and oxygen atoms in total. The first-order chi connectivity index (χ1) is 7.81. The minimum atomic E-state index is 0.546. The van der Waals surface area contributed by atoms with E-state index in [9.17, 15) is 0 Å². The Hall–Kier alpha value is -1.02. The Morgan fingerprint density at radius 1 is 1.38 bits per heavy atom. The van der Waals surface area contributed by atoms with E-state index < -0.39 is 0 Å². The molecule has 1 aromatic rings. The van der Waals surface area contributed by atoms with E-state index in [-0.39, 0.29) is 0 Å². The summed E-state index contributed by atoms with van der Waals surface area (Å²) in [6.45, 7) is 6.08. The number of nitrogens with one attached hydrogen (secondary N) is 1. The Balaban J connectivity index is 2.14. The smallest absolute Gasteiger partial charge is 0.119 e. The van der Waals surface area contributed by atoms with Crippen molar-refractivity contribution in [1.82, 2.24) is 5.32 Å². The van der Waals surface area contributed by atoms with E-state index in [1.165, 1.54) is 30.4 Å². The lowest BCUT2D eigenvalue weighted by Gasteiger charge is -2.25. The van der Waals surface area contributed by atoms with Crippen molar-refractivity contribution in [2.24, 2.45) is 0 Å². The van der Waals surface area contributed by atoms with Crippen molar-refractivity contribution in [3.63, 3.8) is 0 Å². The van der Waals surface area contributed by atoms with E-state index >= 15 is 0 Å². The number of piperidine rings is 1. The second-order valence-corrected chi connectivity index (χ2v) is 4.45. The molecule has 2 heteroatoms. The van der Waals surface area contributed by atoms with Crippen LogP contribution < -0.4 is 10.1 Å². The Morgan fingerprint density at radius 3 is 2.88 bits per heavy atom. The largest absolute Gasteiger partial charge is 0.494 e. The molecule has 0 saturated carbocycles. The summed E-state index contributed by atoms with van der Waals surface area (Å²) in [7, 11) is 0. The molecule has 88 valence electrons. The molecule has 1 saturated heterocycles. The van der Waals surface area contributed by atoms with Gasteiger partial charge in [-0.15, -0.1) is 0 Å². The van der Waals surface area contributed by atoms with Crippen LogP contribution in [0.3, 0.4) is 0 Å². The lowest BCUT2D eigenvalue weighted by molar-refractivity contribution is 0.339. The maximum absolute atomic E-state index is 5.51. The first-order valence-corrected chi connectivity index (χ1v) is 6.28. The molecule has 1 aliphatic heterocycles. The summed E-state index contributed by atoms with van der Waals surface area (Å²) in [5.74, 6) is 0.986. The Kier molecular flexibility index (Phi) is 3.83. The molecule has 2 rings (SSSR count). The third-order valence-electron chi connectivity index (χ3n) is 3.24. The van der Waals surface area contributed by atoms with E-state index in [4.69, 9.17) is 4.74 Å². The molecule has 16 heavy (non-hydrogen) atoms. The van der Waals surface area contributed by atoms with Crippen molar-refractivity contribution >= 4 is 0 Å². The molecule has 0 aliphatic carbocycles. The average Bonchev–Trinajstić information content (AvgIpc) is 2.31. The third kappa shape index (κ3) is 2.56. The van der Waals surface area contributed by atoms with Gasteiger partial charge < -0.3 is 10.1 Å². The van der Waals surface area contributed by atoms with Crippen LogP contribution in [0.4, 0.5) is 0 Å². The topological polar surface area (TPSA) is 21.3 Å². The fraction of sp³-hybridized carbons (Fsp3) is 0.571. The van der Waals surface area contributed by atoms with E-state index in [0.29, 0.717) is 6.04 Å². The van der Waals surface area contributed by atoms with E-state index in [1.807, 2.05) is 6.92 Å². The molecule has 0 spiro atoms.